The summed E-state index contributed by atoms with van der Waals surface area (Å²) < 4.78 is 10.7. The maximum absolute atomic E-state index is 13.1. The van der Waals surface area contributed by atoms with Crippen LogP contribution in [-0.4, -0.2) is 31.0 Å². The Morgan fingerprint density at radius 1 is 0.906 bits per heavy atom. The molecule has 1 saturated heterocycles. The topological polar surface area (TPSA) is 76.1 Å². The summed E-state index contributed by atoms with van der Waals surface area (Å²) in [7, 11) is 3.02. The number of hydrogen-bond donors (Lipinski definition) is 1. The van der Waals surface area contributed by atoms with E-state index in [0.29, 0.717) is 33.3 Å². The molecule has 0 bridgehead atoms. The second-order valence-electron chi connectivity index (χ2n) is 7.13. The van der Waals surface area contributed by atoms with Crippen molar-refractivity contribution in [1.82, 2.24) is 0 Å². The van der Waals surface area contributed by atoms with Gasteiger partial charge in [-0.05, 0) is 42.0 Å². The number of ketones is 1. The van der Waals surface area contributed by atoms with Crippen molar-refractivity contribution >= 4 is 34.7 Å². The lowest BCUT2D eigenvalue weighted by Crippen LogP contribution is -2.29. The van der Waals surface area contributed by atoms with Crippen LogP contribution in [0.2, 0.25) is 5.02 Å². The fourth-order valence-electron chi connectivity index (χ4n) is 3.79. The molecule has 0 radical (unpaired) electrons. The van der Waals surface area contributed by atoms with Gasteiger partial charge >= 0.3 is 0 Å². The number of carbonyl (C=O) groups excluding carboxylic acids is 2. The number of halogens is 1. The molecule has 0 aromatic heterocycles. The second kappa shape index (κ2) is 8.77. The first-order valence-electron chi connectivity index (χ1n) is 9.80. The molecule has 1 fully saturated rings. The van der Waals surface area contributed by atoms with Gasteiger partial charge in [-0.3, -0.25) is 14.5 Å². The minimum Gasteiger partial charge on any atom is -0.507 e. The van der Waals surface area contributed by atoms with Gasteiger partial charge in [-0.25, -0.2) is 0 Å². The summed E-state index contributed by atoms with van der Waals surface area (Å²) in [5.41, 5.74) is 1.48. The van der Waals surface area contributed by atoms with Crippen molar-refractivity contribution < 1.29 is 24.2 Å². The second-order valence-corrected chi connectivity index (χ2v) is 7.56. The van der Waals surface area contributed by atoms with Crippen molar-refractivity contribution in [3.05, 3.63) is 94.5 Å². The van der Waals surface area contributed by atoms with Crippen LogP contribution >= 0.6 is 11.6 Å². The van der Waals surface area contributed by atoms with Gasteiger partial charge in [-0.1, -0.05) is 48.0 Å². The first-order chi connectivity index (χ1) is 15.5. The summed E-state index contributed by atoms with van der Waals surface area (Å²) in [6.07, 6.45) is 0. The molecule has 0 saturated carbocycles. The molecular weight excluding hydrogens is 430 g/mol. The summed E-state index contributed by atoms with van der Waals surface area (Å²) >= 11 is 6.02. The molecular formula is C25H20ClNO5. The van der Waals surface area contributed by atoms with Crippen molar-refractivity contribution in [2.24, 2.45) is 0 Å². The highest BCUT2D eigenvalue weighted by Gasteiger charge is 2.47. The average Bonchev–Trinajstić information content (AvgIpc) is 3.09. The largest absolute Gasteiger partial charge is 0.507 e. The van der Waals surface area contributed by atoms with Crippen LogP contribution in [0.5, 0.6) is 11.5 Å². The lowest BCUT2D eigenvalue weighted by molar-refractivity contribution is -0.132. The van der Waals surface area contributed by atoms with Gasteiger partial charge in [-0.2, -0.15) is 0 Å². The number of methoxy groups -OCH3 is 2. The number of hydrogen-bond acceptors (Lipinski definition) is 5. The van der Waals surface area contributed by atoms with Crippen molar-refractivity contribution in [2.45, 2.75) is 6.04 Å². The summed E-state index contributed by atoms with van der Waals surface area (Å²) in [6, 6.07) is 19.5. The van der Waals surface area contributed by atoms with Crippen molar-refractivity contribution in [3.63, 3.8) is 0 Å². The SMILES string of the molecule is COc1ccc([C@@H]2C(=C(O)c3ccccc3)C(=O)C(=O)N2c2ccc(Cl)cc2)cc1OC. The molecule has 6 nitrogen and oxygen atoms in total. The maximum Gasteiger partial charge on any atom is 0.300 e. The smallest absolute Gasteiger partial charge is 0.300 e. The van der Waals surface area contributed by atoms with E-state index in [-0.39, 0.29) is 11.3 Å². The zero-order chi connectivity index (χ0) is 22.8. The van der Waals surface area contributed by atoms with Crippen LogP contribution in [0.1, 0.15) is 17.2 Å². The molecule has 1 atom stereocenters. The Balaban J connectivity index is 1.96. The first-order valence-corrected chi connectivity index (χ1v) is 10.2. The van der Waals surface area contributed by atoms with Crippen LogP contribution in [0.15, 0.2) is 78.4 Å². The van der Waals surface area contributed by atoms with Gasteiger partial charge in [0.25, 0.3) is 11.7 Å². The average molecular weight is 450 g/mol. The highest BCUT2D eigenvalue weighted by atomic mass is 35.5. The van der Waals surface area contributed by atoms with E-state index in [4.69, 9.17) is 21.1 Å². The summed E-state index contributed by atoms with van der Waals surface area (Å²) in [6.45, 7) is 0. The minimum atomic E-state index is -0.879. The van der Waals surface area contributed by atoms with Gasteiger partial charge in [0.15, 0.2) is 11.5 Å². The molecule has 1 aliphatic heterocycles. The quantitative estimate of drug-likeness (QED) is 0.337. The fourth-order valence-corrected chi connectivity index (χ4v) is 3.92. The molecule has 4 rings (SSSR count). The van der Waals surface area contributed by atoms with Gasteiger partial charge in [0, 0.05) is 16.3 Å². The molecule has 162 valence electrons. The van der Waals surface area contributed by atoms with Gasteiger partial charge in [0.2, 0.25) is 0 Å². The van der Waals surface area contributed by atoms with Crippen LogP contribution in [0.3, 0.4) is 0 Å². The van der Waals surface area contributed by atoms with Crippen molar-refractivity contribution in [2.75, 3.05) is 19.1 Å². The number of carbonyl (C=O) groups is 2. The zero-order valence-corrected chi connectivity index (χ0v) is 18.2. The number of Topliss-reactive ketones (excluding diaryl/α,β-unsaturated/α-hetero) is 1. The molecule has 7 heteroatoms. The molecule has 1 amide bonds. The Hall–Kier alpha value is -3.77. The third-order valence-corrected chi connectivity index (χ3v) is 5.57. The highest BCUT2D eigenvalue weighted by Crippen LogP contribution is 2.44. The Morgan fingerprint density at radius 2 is 1.56 bits per heavy atom. The Bertz CT molecular complexity index is 1200. The third-order valence-electron chi connectivity index (χ3n) is 5.32. The van der Waals surface area contributed by atoms with Crippen LogP contribution in [0.4, 0.5) is 5.69 Å². The monoisotopic (exact) mass is 449 g/mol. The normalized spacial score (nSPS) is 17.5. The van der Waals surface area contributed by atoms with E-state index in [1.165, 1.54) is 19.1 Å². The Kier molecular flexibility index (Phi) is 5.88. The van der Waals surface area contributed by atoms with E-state index in [9.17, 15) is 14.7 Å². The van der Waals surface area contributed by atoms with E-state index in [0.717, 1.165) is 0 Å². The first kappa shape index (κ1) is 21.5. The van der Waals surface area contributed by atoms with Crippen LogP contribution < -0.4 is 14.4 Å². The van der Waals surface area contributed by atoms with E-state index in [2.05, 4.69) is 0 Å². The van der Waals surface area contributed by atoms with Gasteiger partial charge in [0.05, 0.1) is 25.8 Å². The van der Waals surface area contributed by atoms with Gasteiger partial charge in [0.1, 0.15) is 5.76 Å². The van der Waals surface area contributed by atoms with E-state index in [1.807, 2.05) is 0 Å². The molecule has 3 aromatic rings. The maximum atomic E-state index is 13.1. The van der Waals surface area contributed by atoms with E-state index < -0.39 is 17.7 Å². The fraction of sp³-hybridized carbons (Fsp3) is 0.120. The third kappa shape index (κ3) is 3.69. The number of rotatable bonds is 5. The molecule has 3 aromatic carbocycles. The summed E-state index contributed by atoms with van der Waals surface area (Å²) in [4.78, 5) is 27.6. The molecule has 1 N–H and O–H groups in total. The minimum absolute atomic E-state index is 0.0108. The molecule has 0 unspecified atom stereocenters. The van der Waals surface area contributed by atoms with Crippen LogP contribution in [-0.2, 0) is 9.59 Å². The van der Waals surface area contributed by atoms with Crippen molar-refractivity contribution in [3.8, 4) is 11.5 Å². The molecule has 1 aliphatic rings. The number of anilines is 1. The number of nitrogens with zero attached hydrogens (tertiary/aromatic N) is 1. The number of amides is 1. The standard InChI is InChI=1S/C25H20ClNO5/c1-31-19-13-8-16(14-20(19)32-2)22-21(23(28)15-6-4-3-5-7-15)24(29)25(30)27(22)18-11-9-17(26)10-12-18/h3-14,22,28H,1-2H3/t22-/m1/s1. The van der Waals surface area contributed by atoms with Crippen LogP contribution in [0, 0.1) is 0 Å². The number of aliphatic hydroxyl groups is 1. The number of benzene rings is 3. The Labute approximate surface area is 190 Å². The molecule has 0 aliphatic carbocycles. The lowest BCUT2D eigenvalue weighted by Gasteiger charge is -2.26. The molecule has 0 spiro atoms. The van der Waals surface area contributed by atoms with Crippen LogP contribution in [0.25, 0.3) is 5.76 Å². The lowest BCUT2D eigenvalue weighted by atomic mass is 9.94. The van der Waals surface area contributed by atoms with E-state index >= 15 is 0 Å². The molecule has 1 heterocycles. The zero-order valence-electron chi connectivity index (χ0n) is 17.4. The van der Waals surface area contributed by atoms with Gasteiger partial charge < -0.3 is 14.6 Å². The Morgan fingerprint density at radius 3 is 2.19 bits per heavy atom. The number of ether oxygens (including phenoxy) is 2. The van der Waals surface area contributed by atoms with Crippen molar-refractivity contribution in [1.29, 1.82) is 0 Å². The molecule has 32 heavy (non-hydrogen) atoms. The summed E-state index contributed by atoms with van der Waals surface area (Å²) in [5, 5.41) is 11.6. The number of aliphatic hydroxyl groups excluding tert-OH is 1. The predicted molar refractivity (Wildman–Crippen MR) is 122 cm³/mol. The van der Waals surface area contributed by atoms with Gasteiger partial charge in [-0.15, -0.1) is 0 Å². The predicted octanol–water partition coefficient (Wildman–Crippen LogP) is 4.98. The van der Waals surface area contributed by atoms with E-state index in [1.54, 1.807) is 72.8 Å². The summed E-state index contributed by atoms with van der Waals surface area (Å²) in [5.74, 6) is -0.833. The highest BCUT2D eigenvalue weighted by molar-refractivity contribution is 6.51.